The van der Waals surface area contributed by atoms with E-state index in [-0.39, 0.29) is 11.9 Å². The molecular formula is C24H22ClFN4O2S. The van der Waals surface area contributed by atoms with Crippen molar-refractivity contribution in [3.05, 3.63) is 91.6 Å². The van der Waals surface area contributed by atoms with Crippen molar-refractivity contribution in [3.8, 4) is 5.75 Å². The monoisotopic (exact) mass is 484 g/mol. The van der Waals surface area contributed by atoms with Crippen LogP contribution in [0.15, 0.2) is 48.1 Å². The molecule has 0 aliphatic heterocycles. The second kappa shape index (κ2) is 9.72. The zero-order valence-corrected chi connectivity index (χ0v) is 19.9. The number of thiophene rings is 1. The van der Waals surface area contributed by atoms with Gasteiger partial charge in [0.2, 0.25) is 5.95 Å². The van der Waals surface area contributed by atoms with Gasteiger partial charge in [0.05, 0.1) is 11.4 Å². The molecule has 170 valence electrons. The van der Waals surface area contributed by atoms with Gasteiger partial charge in [0.1, 0.15) is 24.5 Å². The molecule has 6 nitrogen and oxygen atoms in total. The molecule has 9 heteroatoms. The van der Waals surface area contributed by atoms with E-state index in [9.17, 15) is 9.18 Å². The second-order valence-electron chi connectivity index (χ2n) is 7.79. The van der Waals surface area contributed by atoms with Crippen LogP contribution in [0.3, 0.4) is 0 Å². The number of aromatic nitrogens is 3. The summed E-state index contributed by atoms with van der Waals surface area (Å²) in [6.45, 7) is 6.79. The number of carbonyl (C=O) groups excluding carboxylic acids is 1. The largest absolute Gasteiger partial charge is 0.488 e. The molecule has 33 heavy (non-hydrogen) atoms. The third-order valence-corrected chi connectivity index (χ3v) is 6.30. The first-order valence-electron chi connectivity index (χ1n) is 10.2. The molecule has 0 aliphatic carbocycles. The molecule has 0 unspecified atom stereocenters. The first-order chi connectivity index (χ1) is 15.8. The Morgan fingerprint density at radius 3 is 2.67 bits per heavy atom. The Balaban J connectivity index is 1.36. The molecule has 4 rings (SSSR count). The fourth-order valence-corrected chi connectivity index (χ4v) is 4.55. The minimum Gasteiger partial charge on any atom is -0.488 e. The molecule has 2 heterocycles. The number of halogens is 2. The average molecular weight is 485 g/mol. The van der Waals surface area contributed by atoms with Gasteiger partial charge in [-0.2, -0.15) is 0 Å². The van der Waals surface area contributed by atoms with Crippen molar-refractivity contribution in [2.75, 3.05) is 5.32 Å². The van der Waals surface area contributed by atoms with Crippen LogP contribution in [0.5, 0.6) is 5.75 Å². The van der Waals surface area contributed by atoms with Gasteiger partial charge >= 0.3 is 0 Å². The standard InChI is InChI=1S/C24H22ClFN4O2S/c1-14-6-15(2)22(16(3)7-14)32-11-17-8-21(33-12-17)23(31)28-24-27-13-30(29-24)10-18-4-5-19(26)9-20(18)25/h4-9,12-13H,10-11H2,1-3H3,(H,28,29,31). The lowest BCUT2D eigenvalue weighted by molar-refractivity contribution is 0.102. The predicted octanol–water partition coefficient (Wildman–Crippen LogP) is 5.94. The highest BCUT2D eigenvalue weighted by Gasteiger charge is 2.14. The average Bonchev–Trinajstić information content (AvgIpc) is 3.39. The topological polar surface area (TPSA) is 69.0 Å². The van der Waals surface area contributed by atoms with Crippen molar-refractivity contribution < 1.29 is 13.9 Å². The number of aryl methyl sites for hydroxylation is 3. The van der Waals surface area contributed by atoms with Crippen molar-refractivity contribution in [1.29, 1.82) is 0 Å². The lowest BCUT2D eigenvalue weighted by Crippen LogP contribution is -2.12. The number of hydrogen-bond acceptors (Lipinski definition) is 5. The molecule has 0 atom stereocenters. The van der Waals surface area contributed by atoms with Crippen LogP contribution < -0.4 is 10.1 Å². The normalized spacial score (nSPS) is 10.9. The minimum atomic E-state index is -0.403. The number of nitrogens with one attached hydrogen (secondary N) is 1. The molecular weight excluding hydrogens is 463 g/mol. The summed E-state index contributed by atoms with van der Waals surface area (Å²) in [4.78, 5) is 17.3. The highest BCUT2D eigenvalue weighted by atomic mass is 35.5. The van der Waals surface area contributed by atoms with E-state index in [1.54, 1.807) is 12.1 Å². The van der Waals surface area contributed by atoms with Gasteiger partial charge < -0.3 is 4.74 Å². The Morgan fingerprint density at radius 2 is 1.94 bits per heavy atom. The van der Waals surface area contributed by atoms with Gasteiger partial charge in [0, 0.05) is 10.6 Å². The SMILES string of the molecule is Cc1cc(C)c(OCc2csc(C(=O)Nc3ncn(Cc4ccc(F)cc4Cl)n3)c2)c(C)c1. The van der Waals surface area contributed by atoms with Gasteiger partial charge in [-0.25, -0.2) is 14.1 Å². The molecule has 0 fully saturated rings. The Morgan fingerprint density at radius 1 is 1.18 bits per heavy atom. The van der Waals surface area contributed by atoms with Crippen molar-refractivity contribution in [2.24, 2.45) is 0 Å². The van der Waals surface area contributed by atoms with Gasteiger partial charge in [-0.3, -0.25) is 10.1 Å². The van der Waals surface area contributed by atoms with Crippen molar-refractivity contribution in [1.82, 2.24) is 14.8 Å². The summed E-state index contributed by atoms with van der Waals surface area (Å²) in [5, 5.41) is 9.14. The molecule has 0 spiro atoms. The van der Waals surface area contributed by atoms with E-state index in [2.05, 4.69) is 34.5 Å². The molecule has 0 bridgehead atoms. The molecule has 1 amide bonds. The Bertz CT molecular complexity index is 1290. The van der Waals surface area contributed by atoms with Crippen LogP contribution in [0.25, 0.3) is 0 Å². The van der Waals surface area contributed by atoms with E-state index in [4.69, 9.17) is 16.3 Å². The fraction of sp³-hybridized carbons (Fsp3) is 0.208. The minimum absolute atomic E-state index is 0.176. The van der Waals surface area contributed by atoms with Crippen LogP contribution in [0.2, 0.25) is 5.02 Å². The van der Waals surface area contributed by atoms with Crippen LogP contribution >= 0.6 is 22.9 Å². The van der Waals surface area contributed by atoms with Crippen LogP contribution in [-0.2, 0) is 13.2 Å². The first-order valence-corrected chi connectivity index (χ1v) is 11.5. The number of amides is 1. The smallest absolute Gasteiger partial charge is 0.268 e. The highest BCUT2D eigenvalue weighted by Crippen LogP contribution is 2.26. The quantitative estimate of drug-likeness (QED) is 0.352. The van der Waals surface area contributed by atoms with E-state index in [1.165, 1.54) is 40.0 Å². The van der Waals surface area contributed by atoms with Gasteiger partial charge in [-0.05, 0) is 61.0 Å². The van der Waals surface area contributed by atoms with Gasteiger partial charge in [-0.15, -0.1) is 16.4 Å². The lowest BCUT2D eigenvalue weighted by Gasteiger charge is -2.12. The molecule has 4 aromatic rings. The number of anilines is 1. The van der Waals surface area contributed by atoms with Crippen LogP contribution in [-0.4, -0.2) is 20.7 Å². The predicted molar refractivity (Wildman–Crippen MR) is 128 cm³/mol. The first kappa shape index (κ1) is 22.9. The molecule has 2 aromatic heterocycles. The Kier molecular flexibility index (Phi) is 6.76. The van der Waals surface area contributed by atoms with Crippen molar-refractivity contribution in [2.45, 2.75) is 33.9 Å². The maximum absolute atomic E-state index is 13.2. The third-order valence-electron chi connectivity index (χ3n) is 4.97. The number of ether oxygens (including phenoxy) is 1. The highest BCUT2D eigenvalue weighted by molar-refractivity contribution is 7.12. The van der Waals surface area contributed by atoms with Gasteiger partial charge in [0.25, 0.3) is 5.91 Å². The summed E-state index contributed by atoms with van der Waals surface area (Å²) in [5.74, 6) is 0.343. The van der Waals surface area contributed by atoms with Crippen molar-refractivity contribution in [3.63, 3.8) is 0 Å². The van der Waals surface area contributed by atoms with Gasteiger partial charge in [0.15, 0.2) is 0 Å². The summed E-state index contributed by atoms with van der Waals surface area (Å²) < 4.78 is 20.7. The number of rotatable bonds is 7. The molecule has 0 aliphatic rings. The fourth-order valence-electron chi connectivity index (χ4n) is 3.54. The zero-order valence-electron chi connectivity index (χ0n) is 18.4. The molecule has 0 radical (unpaired) electrons. The molecule has 0 saturated heterocycles. The molecule has 1 N–H and O–H groups in total. The number of nitrogens with zero attached hydrogens (tertiary/aromatic N) is 3. The summed E-state index contributed by atoms with van der Waals surface area (Å²) >= 11 is 7.39. The number of benzene rings is 2. The summed E-state index contributed by atoms with van der Waals surface area (Å²) in [5.41, 5.74) is 4.98. The van der Waals surface area contributed by atoms with Crippen LogP contribution in [0.4, 0.5) is 10.3 Å². The zero-order chi connectivity index (χ0) is 23.5. The van der Waals surface area contributed by atoms with Crippen molar-refractivity contribution >= 4 is 34.8 Å². The maximum Gasteiger partial charge on any atom is 0.268 e. The molecule has 2 aromatic carbocycles. The summed E-state index contributed by atoms with van der Waals surface area (Å²) in [6.07, 6.45) is 1.48. The van der Waals surface area contributed by atoms with Crippen LogP contribution in [0.1, 0.15) is 37.5 Å². The van der Waals surface area contributed by atoms with E-state index in [1.807, 2.05) is 19.2 Å². The van der Waals surface area contributed by atoms with E-state index < -0.39 is 5.82 Å². The summed E-state index contributed by atoms with van der Waals surface area (Å²) in [7, 11) is 0. The van der Waals surface area contributed by atoms with E-state index in [0.717, 1.165) is 22.4 Å². The number of carbonyl (C=O) groups is 1. The molecule has 0 saturated carbocycles. The third kappa shape index (κ3) is 5.58. The lowest BCUT2D eigenvalue weighted by atomic mass is 10.1. The second-order valence-corrected chi connectivity index (χ2v) is 9.11. The van der Waals surface area contributed by atoms with E-state index in [0.29, 0.717) is 28.6 Å². The van der Waals surface area contributed by atoms with Gasteiger partial charge in [-0.1, -0.05) is 35.4 Å². The van der Waals surface area contributed by atoms with E-state index >= 15 is 0 Å². The van der Waals surface area contributed by atoms with Crippen LogP contribution in [0, 0.1) is 26.6 Å². The summed E-state index contributed by atoms with van der Waals surface area (Å²) in [6, 6.07) is 10.1. The Labute approximate surface area is 200 Å². The number of hydrogen-bond donors (Lipinski definition) is 1. The maximum atomic E-state index is 13.2. The Hall–Kier alpha value is -3.23.